The van der Waals surface area contributed by atoms with Gasteiger partial charge in [-0.1, -0.05) is 85.0 Å². The van der Waals surface area contributed by atoms with E-state index in [0.717, 1.165) is 18.6 Å². The number of hydrogen-bond donors (Lipinski definition) is 1. The lowest BCUT2D eigenvalue weighted by molar-refractivity contribution is 0.308. The summed E-state index contributed by atoms with van der Waals surface area (Å²) in [5.74, 6) is 0.480. The van der Waals surface area contributed by atoms with E-state index in [-0.39, 0.29) is 11.2 Å². The van der Waals surface area contributed by atoms with Crippen molar-refractivity contribution in [3.05, 3.63) is 22.5 Å². The number of aromatic nitrogens is 1. The Bertz CT molecular complexity index is 435. The minimum Gasteiger partial charge on any atom is -0.413 e. The van der Waals surface area contributed by atoms with Gasteiger partial charge in [-0.3, -0.25) is 4.98 Å². The van der Waals surface area contributed by atoms with Crippen molar-refractivity contribution in [2.45, 2.75) is 103 Å². The van der Waals surface area contributed by atoms with E-state index >= 15 is 0 Å². The van der Waals surface area contributed by atoms with Crippen molar-refractivity contribution in [2.24, 2.45) is 0 Å². The number of H-pyrrole nitrogens is 1. The second-order valence-electron chi connectivity index (χ2n) is 6.89. The normalized spacial score (nSPS) is 14.1. The zero-order chi connectivity index (χ0) is 16.3. The van der Waals surface area contributed by atoms with Crippen LogP contribution in [0.3, 0.4) is 0 Å². The zero-order valence-electron chi connectivity index (χ0n) is 14.9. The van der Waals surface area contributed by atoms with Crippen molar-refractivity contribution in [3.8, 4) is 0 Å². The van der Waals surface area contributed by atoms with Gasteiger partial charge in [0.05, 0.1) is 0 Å². The zero-order valence-corrected chi connectivity index (χ0v) is 14.9. The van der Waals surface area contributed by atoms with Crippen LogP contribution in [0.25, 0.3) is 0 Å². The van der Waals surface area contributed by atoms with Crippen LogP contribution in [0.2, 0.25) is 0 Å². The first-order valence-electron chi connectivity index (χ1n) is 9.31. The SMILES string of the molecule is CCCCCCCCCCCCC(C)(CC)c1c[nH]c(=O)o1. The second kappa shape index (κ2) is 10.7. The van der Waals surface area contributed by atoms with Gasteiger partial charge in [0.25, 0.3) is 0 Å². The number of rotatable bonds is 13. The smallest absolute Gasteiger partial charge is 0.413 e. The maximum atomic E-state index is 11.2. The van der Waals surface area contributed by atoms with Crippen molar-refractivity contribution in [3.63, 3.8) is 0 Å². The van der Waals surface area contributed by atoms with Crippen LogP contribution in [0.15, 0.2) is 15.4 Å². The summed E-state index contributed by atoms with van der Waals surface area (Å²) in [6.45, 7) is 6.64. The first kappa shape index (κ1) is 19.1. The molecule has 0 aliphatic heterocycles. The molecule has 128 valence electrons. The van der Waals surface area contributed by atoms with Crippen molar-refractivity contribution in [2.75, 3.05) is 0 Å². The van der Waals surface area contributed by atoms with Gasteiger partial charge in [-0.25, -0.2) is 4.79 Å². The molecule has 3 heteroatoms. The molecule has 0 saturated heterocycles. The molecular weight excluding hydrogens is 274 g/mol. The highest BCUT2D eigenvalue weighted by molar-refractivity contribution is 5.07. The molecule has 22 heavy (non-hydrogen) atoms. The first-order chi connectivity index (χ1) is 10.6. The van der Waals surface area contributed by atoms with Crippen molar-refractivity contribution < 1.29 is 4.42 Å². The fraction of sp³-hybridized carbons (Fsp3) is 0.842. The van der Waals surface area contributed by atoms with E-state index in [4.69, 9.17) is 4.42 Å². The molecule has 0 aliphatic carbocycles. The van der Waals surface area contributed by atoms with Crippen LogP contribution in [-0.2, 0) is 5.41 Å². The van der Waals surface area contributed by atoms with Gasteiger partial charge in [0.2, 0.25) is 0 Å². The van der Waals surface area contributed by atoms with Crippen LogP contribution in [-0.4, -0.2) is 4.98 Å². The molecule has 0 radical (unpaired) electrons. The molecule has 3 nitrogen and oxygen atoms in total. The Morgan fingerprint density at radius 2 is 1.50 bits per heavy atom. The van der Waals surface area contributed by atoms with E-state index in [9.17, 15) is 4.79 Å². The molecule has 0 spiro atoms. The minimum absolute atomic E-state index is 0.000682. The Labute approximate surface area is 135 Å². The highest BCUT2D eigenvalue weighted by atomic mass is 16.4. The summed E-state index contributed by atoms with van der Waals surface area (Å²) in [6.07, 6.45) is 17.4. The molecule has 1 unspecified atom stereocenters. The second-order valence-corrected chi connectivity index (χ2v) is 6.89. The Morgan fingerprint density at radius 1 is 0.955 bits per heavy atom. The maximum Gasteiger partial charge on any atom is 0.416 e. The average molecular weight is 309 g/mol. The molecule has 0 fully saturated rings. The summed E-state index contributed by atoms with van der Waals surface area (Å²) >= 11 is 0. The van der Waals surface area contributed by atoms with Gasteiger partial charge >= 0.3 is 5.76 Å². The van der Waals surface area contributed by atoms with Gasteiger partial charge < -0.3 is 4.42 Å². The summed E-state index contributed by atoms with van der Waals surface area (Å²) in [5, 5.41) is 0. The third-order valence-corrected chi connectivity index (χ3v) is 4.98. The molecule has 0 amide bonds. The van der Waals surface area contributed by atoms with Crippen LogP contribution in [0.1, 0.15) is 104 Å². The standard InChI is InChI=1S/C19H35NO2/c1-4-6-7-8-9-10-11-12-13-14-15-19(3,5-2)17-16-20-18(21)22-17/h16H,4-15H2,1-3H3,(H,20,21). The molecule has 0 aromatic carbocycles. The highest BCUT2D eigenvalue weighted by Gasteiger charge is 2.27. The molecule has 1 N–H and O–H groups in total. The largest absolute Gasteiger partial charge is 0.416 e. The third-order valence-electron chi connectivity index (χ3n) is 4.98. The molecule has 1 aromatic heterocycles. The highest BCUT2D eigenvalue weighted by Crippen LogP contribution is 2.32. The number of unbranched alkanes of at least 4 members (excludes halogenated alkanes) is 9. The molecule has 1 rings (SSSR count). The van der Waals surface area contributed by atoms with E-state index in [0.29, 0.717) is 0 Å². The summed E-state index contributed by atoms with van der Waals surface area (Å²) in [5.41, 5.74) is -0.000682. The molecule has 0 aliphatic rings. The lowest BCUT2D eigenvalue weighted by Gasteiger charge is -2.25. The Balaban J connectivity index is 2.11. The number of oxazole rings is 1. The predicted molar refractivity (Wildman–Crippen MR) is 93.4 cm³/mol. The van der Waals surface area contributed by atoms with Crippen LogP contribution in [0.4, 0.5) is 0 Å². The Kier molecular flexibility index (Phi) is 9.26. The monoisotopic (exact) mass is 309 g/mol. The third kappa shape index (κ3) is 6.85. The van der Waals surface area contributed by atoms with E-state index in [1.807, 2.05) is 0 Å². The van der Waals surface area contributed by atoms with Gasteiger partial charge in [0.1, 0.15) is 5.76 Å². The number of nitrogens with one attached hydrogen (secondary N) is 1. The fourth-order valence-electron chi connectivity index (χ4n) is 3.06. The number of hydrogen-bond acceptors (Lipinski definition) is 2. The van der Waals surface area contributed by atoms with Crippen LogP contribution >= 0.6 is 0 Å². The van der Waals surface area contributed by atoms with Gasteiger partial charge in [-0.2, -0.15) is 0 Å². The fourth-order valence-corrected chi connectivity index (χ4v) is 3.06. The molecular formula is C19H35NO2. The van der Waals surface area contributed by atoms with E-state index in [2.05, 4.69) is 25.8 Å². The molecule has 1 atom stereocenters. The predicted octanol–water partition coefficient (Wildman–Crippen LogP) is 5.95. The van der Waals surface area contributed by atoms with E-state index < -0.39 is 0 Å². The summed E-state index contributed by atoms with van der Waals surface area (Å²) in [7, 11) is 0. The molecule has 0 saturated carbocycles. The minimum atomic E-state index is -0.335. The maximum absolute atomic E-state index is 11.2. The topological polar surface area (TPSA) is 46.0 Å². The Morgan fingerprint density at radius 3 is 1.95 bits per heavy atom. The Hall–Kier alpha value is -0.990. The van der Waals surface area contributed by atoms with Crippen molar-refractivity contribution in [1.29, 1.82) is 0 Å². The van der Waals surface area contributed by atoms with Gasteiger partial charge in [0.15, 0.2) is 0 Å². The average Bonchev–Trinajstić information content (AvgIpc) is 2.96. The molecule has 1 heterocycles. The molecule has 1 aromatic rings. The van der Waals surface area contributed by atoms with Gasteiger partial charge in [-0.05, 0) is 12.8 Å². The van der Waals surface area contributed by atoms with Gasteiger partial charge in [0, 0.05) is 11.6 Å². The summed E-state index contributed by atoms with van der Waals surface area (Å²) in [6, 6.07) is 0. The van der Waals surface area contributed by atoms with Crippen LogP contribution in [0, 0.1) is 0 Å². The van der Waals surface area contributed by atoms with Crippen LogP contribution < -0.4 is 5.76 Å². The van der Waals surface area contributed by atoms with Crippen LogP contribution in [0.5, 0.6) is 0 Å². The van der Waals surface area contributed by atoms with Crippen molar-refractivity contribution in [1.82, 2.24) is 4.98 Å². The van der Waals surface area contributed by atoms with E-state index in [1.165, 1.54) is 64.2 Å². The lowest BCUT2D eigenvalue weighted by atomic mass is 9.80. The van der Waals surface area contributed by atoms with Crippen molar-refractivity contribution >= 4 is 0 Å². The molecule has 0 bridgehead atoms. The quantitative estimate of drug-likeness (QED) is 0.458. The van der Waals surface area contributed by atoms with E-state index in [1.54, 1.807) is 6.20 Å². The summed E-state index contributed by atoms with van der Waals surface area (Å²) in [4.78, 5) is 13.8. The number of aromatic amines is 1. The summed E-state index contributed by atoms with van der Waals surface area (Å²) < 4.78 is 5.27. The van der Waals surface area contributed by atoms with Gasteiger partial charge in [-0.15, -0.1) is 0 Å². The first-order valence-corrected chi connectivity index (χ1v) is 9.31. The lowest BCUT2D eigenvalue weighted by Crippen LogP contribution is -2.20.